The molecule has 0 rings (SSSR count). The predicted octanol–water partition coefficient (Wildman–Crippen LogP) is 23.2. The maximum Gasteiger partial charge on any atom is 0.472 e. The third-order valence-electron chi connectivity index (χ3n) is 18.7. The van der Waals surface area contributed by atoms with Gasteiger partial charge in [-0.15, -0.1) is 0 Å². The smallest absolute Gasteiger partial charge is 0.462 e. The van der Waals surface area contributed by atoms with E-state index in [9.17, 15) is 43.2 Å². The number of unbranched alkanes of at least 4 members (excludes halogenated alkanes) is 41. The van der Waals surface area contributed by atoms with Gasteiger partial charge in [-0.1, -0.05) is 351 Å². The summed E-state index contributed by atoms with van der Waals surface area (Å²) >= 11 is 0. The van der Waals surface area contributed by atoms with Crippen LogP contribution in [0.4, 0.5) is 0 Å². The lowest BCUT2D eigenvalue weighted by Gasteiger charge is -2.21. The highest BCUT2D eigenvalue weighted by Gasteiger charge is 2.30. The van der Waals surface area contributed by atoms with Crippen LogP contribution >= 0.6 is 15.6 Å². The van der Waals surface area contributed by atoms with E-state index in [0.29, 0.717) is 31.6 Å². The number of phosphoric acid groups is 2. The van der Waals surface area contributed by atoms with Crippen LogP contribution in [0.25, 0.3) is 0 Å². The number of carbonyl (C=O) groups excluding carboxylic acids is 4. The lowest BCUT2D eigenvalue weighted by molar-refractivity contribution is -0.161. The number of aliphatic hydroxyl groups is 1. The van der Waals surface area contributed by atoms with Crippen molar-refractivity contribution in [1.29, 1.82) is 0 Å². The molecule has 0 aromatic rings. The molecule has 3 N–H and O–H groups in total. The van der Waals surface area contributed by atoms with E-state index in [2.05, 4.69) is 55.4 Å². The zero-order chi connectivity index (χ0) is 72.4. The van der Waals surface area contributed by atoms with Crippen molar-refractivity contribution >= 4 is 39.5 Å². The summed E-state index contributed by atoms with van der Waals surface area (Å²) < 4.78 is 68.6. The molecule has 0 bridgehead atoms. The van der Waals surface area contributed by atoms with Crippen LogP contribution in [-0.2, 0) is 65.4 Å². The maximum absolute atomic E-state index is 13.1. The number of phosphoric ester groups is 2. The first-order valence-corrected chi connectivity index (χ1v) is 43.7. The molecule has 0 amide bonds. The average Bonchev–Trinajstić information content (AvgIpc) is 1.01. The third-order valence-corrected chi connectivity index (χ3v) is 20.6. The van der Waals surface area contributed by atoms with Gasteiger partial charge in [0.15, 0.2) is 12.2 Å². The molecule has 0 fully saturated rings. The fraction of sp³-hybridized carbons (Fsp3) is 0.949. The number of hydrogen-bond donors (Lipinski definition) is 3. The number of esters is 4. The SMILES string of the molecule is CCC(C)CCCCCCCCCCC(=O)O[C@H](COC(=O)CCCCCCCCCC(C)C)COP(=O)(O)OCC(O)COP(=O)(O)OC[C@@H](COC(=O)CCCCCCCCCCCCCCCCC(C)C)OC(=O)CCCCCCCCCCCCCCCCCCC(C)C. The second-order valence-corrected chi connectivity index (χ2v) is 33.0. The van der Waals surface area contributed by atoms with Crippen LogP contribution in [0.5, 0.6) is 0 Å². The van der Waals surface area contributed by atoms with Crippen LogP contribution in [0.15, 0.2) is 0 Å². The molecular formula is C79H154O17P2. The summed E-state index contributed by atoms with van der Waals surface area (Å²) in [6.07, 6.45) is 54.2. The monoisotopic (exact) mass is 1440 g/mol. The summed E-state index contributed by atoms with van der Waals surface area (Å²) in [5, 5.41) is 10.6. The van der Waals surface area contributed by atoms with E-state index in [1.807, 2.05) is 0 Å². The molecule has 0 saturated heterocycles. The van der Waals surface area contributed by atoms with E-state index in [0.717, 1.165) is 114 Å². The van der Waals surface area contributed by atoms with Crippen LogP contribution in [0, 0.1) is 23.7 Å². The standard InChI is InChI=1S/C79H154O17P2/c1-9-72(8)58-50-42-34-28-29-37-46-54-62-79(84)96-75(66-90-77(82)60-52-44-38-30-33-41-49-57-71(6)7)68-94-98(87,88)92-64-73(80)63-91-97(85,86)93-67-74(65-89-76(81)59-51-43-35-26-22-18-15-14-17-21-25-32-40-48-56-70(4)5)95-78(83)61-53-45-36-27-23-19-13-11-10-12-16-20-24-31-39-47-55-69(2)3/h69-75,80H,9-68H2,1-8H3,(H,85,86)(H,87,88)/t72?,73?,74-,75-/m1/s1. The summed E-state index contributed by atoms with van der Waals surface area (Å²) in [6.45, 7) is 14.2. The summed E-state index contributed by atoms with van der Waals surface area (Å²) in [6, 6.07) is 0. The van der Waals surface area contributed by atoms with Crippen molar-refractivity contribution in [2.75, 3.05) is 39.6 Å². The van der Waals surface area contributed by atoms with Crippen LogP contribution in [0.1, 0.15) is 402 Å². The number of aliphatic hydroxyl groups excluding tert-OH is 1. The molecule has 19 heteroatoms. The van der Waals surface area contributed by atoms with Gasteiger partial charge in [-0.2, -0.15) is 0 Å². The minimum absolute atomic E-state index is 0.104. The van der Waals surface area contributed by atoms with E-state index in [-0.39, 0.29) is 25.7 Å². The third kappa shape index (κ3) is 71.1. The number of ether oxygens (including phenoxy) is 4. The lowest BCUT2D eigenvalue weighted by atomic mass is 9.99. The van der Waals surface area contributed by atoms with Gasteiger partial charge in [0.05, 0.1) is 26.4 Å². The molecule has 0 aromatic heterocycles. The van der Waals surface area contributed by atoms with Crippen LogP contribution in [-0.4, -0.2) is 96.7 Å². The topological polar surface area (TPSA) is 237 Å². The molecule has 0 aliphatic rings. The van der Waals surface area contributed by atoms with Crippen molar-refractivity contribution in [3.05, 3.63) is 0 Å². The van der Waals surface area contributed by atoms with Gasteiger partial charge >= 0.3 is 39.5 Å². The second-order valence-electron chi connectivity index (χ2n) is 30.1. The maximum atomic E-state index is 13.1. The molecule has 582 valence electrons. The molecule has 98 heavy (non-hydrogen) atoms. The quantitative estimate of drug-likeness (QED) is 0.0222. The van der Waals surface area contributed by atoms with Gasteiger partial charge in [-0.25, -0.2) is 9.13 Å². The first kappa shape index (κ1) is 96.1. The van der Waals surface area contributed by atoms with E-state index >= 15 is 0 Å². The lowest BCUT2D eigenvalue weighted by Crippen LogP contribution is -2.30. The Hall–Kier alpha value is -1.94. The molecule has 0 saturated carbocycles. The number of hydrogen-bond acceptors (Lipinski definition) is 15. The first-order chi connectivity index (χ1) is 47.1. The van der Waals surface area contributed by atoms with Gasteiger partial charge in [0.1, 0.15) is 19.3 Å². The fourth-order valence-electron chi connectivity index (χ4n) is 12.0. The van der Waals surface area contributed by atoms with Gasteiger partial charge in [-0.3, -0.25) is 37.3 Å². The fourth-order valence-corrected chi connectivity index (χ4v) is 13.6. The molecule has 0 aromatic carbocycles. The van der Waals surface area contributed by atoms with Crippen LogP contribution in [0.2, 0.25) is 0 Å². The van der Waals surface area contributed by atoms with E-state index in [4.69, 9.17) is 37.0 Å². The average molecular weight is 1440 g/mol. The summed E-state index contributed by atoms with van der Waals surface area (Å²) in [4.78, 5) is 72.9. The van der Waals surface area contributed by atoms with Crippen LogP contribution in [0.3, 0.4) is 0 Å². The molecule has 4 unspecified atom stereocenters. The van der Waals surface area contributed by atoms with E-state index < -0.39 is 97.5 Å². The van der Waals surface area contributed by atoms with Gasteiger partial charge in [0.25, 0.3) is 0 Å². The molecule has 0 aliphatic carbocycles. The molecule has 6 atom stereocenters. The Morgan fingerprint density at radius 3 is 0.724 bits per heavy atom. The zero-order valence-electron chi connectivity index (χ0n) is 64.4. The Kier molecular flexibility index (Phi) is 66.8. The van der Waals surface area contributed by atoms with Gasteiger partial charge in [0, 0.05) is 25.7 Å². The molecule has 0 aliphatic heterocycles. The zero-order valence-corrected chi connectivity index (χ0v) is 66.2. The first-order valence-electron chi connectivity index (χ1n) is 40.7. The van der Waals surface area contributed by atoms with Crippen LogP contribution < -0.4 is 0 Å². The van der Waals surface area contributed by atoms with Crippen molar-refractivity contribution in [3.63, 3.8) is 0 Å². The Morgan fingerprint density at radius 2 is 0.490 bits per heavy atom. The largest absolute Gasteiger partial charge is 0.472 e. The molecule has 0 spiro atoms. The second kappa shape index (κ2) is 68.2. The minimum atomic E-state index is -4.96. The Bertz CT molecular complexity index is 1920. The van der Waals surface area contributed by atoms with Crippen molar-refractivity contribution in [2.24, 2.45) is 23.7 Å². The highest BCUT2D eigenvalue weighted by molar-refractivity contribution is 7.47. The number of carbonyl (C=O) groups is 4. The van der Waals surface area contributed by atoms with Crippen molar-refractivity contribution < 1.29 is 80.2 Å². The highest BCUT2D eigenvalue weighted by atomic mass is 31.2. The van der Waals surface area contributed by atoms with Crippen molar-refractivity contribution in [3.8, 4) is 0 Å². The summed E-state index contributed by atoms with van der Waals surface area (Å²) in [7, 11) is -9.92. The van der Waals surface area contributed by atoms with Gasteiger partial charge in [0.2, 0.25) is 0 Å². The van der Waals surface area contributed by atoms with Gasteiger partial charge < -0.3 is 33.8 Å². The Balaban J connectivity index is 5.24. The van der Waals surface area contributed by atoms with Crippen molar-refractivity contribution in [1.82, 2.24) is 0 Å². The normalized spacial score (nSPS) is 14.3. The Morgan fingerprint density at radius 1 is 0.286 bits per heavy atom. The Labute approximate surface area is 600 Å². The predicted molar refractivity (Wildman–Crippen MR) is 400 cm³/mol. The van der Waals surface area contributed by atoms with Gasteiger partial charge in [-0.05, 0) is 49.4 Å². The molecule has 0 radical (unpaired) electrons. The number of rotatable bonds is 76. The van der Waals surface area contributed by atoms with Crippen molar-refractivity contribution in [2.45, 2.75) is 420 Å². The highest BCUT2D eigenvalue weighted by Crippen LogP contribution is 2.45. The molecule has 17 nitrogen and oxygen atoms in total. The summed E-state index contributed by atoms with van der Waals surface area (Å²) in [5.41, 5.74) is 0. The molecular weight excluding hydrogens is 1280 g/mol. The molecule has 0 heterocycles. The minimum Gasteiger partial charge on any atom is -0.462 e. The van der Waals surface area contributed by atoms with E-state index in [1.54, 1.807) is 0 Å². The summed E-state index contributed by atoms with van der Waals surface area (Å²) in [5.74, 6) is 0.964. The van der Waals surface area contributed by atoms with E-state index in [1.165, 1.54) is 199 Å².